The quantitative estimate of drug-likeness (QED) is 0.897. The van der Waals surface area contributed by atoms with E-state index in [0.717, 1.165) is 29.7 Å². The third-order valence-electron chi connectivity index (χ3n) is 5.38. The zero-order chi connectivity index (χ0) is 16.4. The number of benzene rings is 2. The van der Waals surface area contributed by atoms with E-state index in [2.05, 4.69) is 17.4 Å². The molecule has 1 amide bonds. The molecule has 3 heteroatoms. The lowest BCUT2D eigenvalue weighted by Gasteiger charge is -2.23. The minimum absolute atomic E-state index is 0.00210. The lowest BCUT2D eigenvalue weighted by atomic mass is 9.95. The molecule has 1 N–H and O–H groups in total. The van der Waals surface area contributed by atoms with Gasteiger partial charge >= 0.3 is 0 Å². The molecule has 2 aromatic carbocycles. The summed E-state index contributed by atoms with van der Waals surface area (Å²) in [6.07, 6.45) is 6.08. The first-order valence-corrected chi connectivity index (χ1v) is 8.85. The molecule has 0 saturated heterocycles. The summed E-state index contributed by atoms with van der Waals surface area (Å²) < 4.78 is 5.85. The molecule has 2 aliphatic carbocycles. The van der Waals surface area contributed by atoms with Crippen LogP contribution in [0.1, 0.15) is 32.1 Å². The maximum absolute atomic E-state index is 12.3. The Morgan fingerprint density at radius 3 is 2.71 bits per heavy atom. The SMILES string of the molecule is O=C(COc1ccccc1-c1ccccc1)NC12CCCCC1C2. The highest BCUT2D eigenvalue weighted by molar-refractivity contribution is 5.79. The van der Waals surface area contributed by atoms with E-state index in [1.165, 1.54) is 19.3 Å². The number of rotatable bonds is 5. The van der Waals surface area contributed by atoms with Gasteiger partial charge in [0.2, 0.25) is 0 Å². The van der Waals surface area contributed by atoms with Crippen LogP contribution in [-0.2, 0) is 4.79 Å². The maximum Gasteiger partial charge on any atom is 0.258 e. The van der Waals surface area contributed by atoms with E-state index in [1.807, 2.05) is 42.5 Å². The Labute approximate surface area is 143 Å². The van der Waals surface area contributed by atoms with Gasteiger partial charge in [-0.05, 0) is 36.8 Å². The molecule has 0 aliphatic heterocycles. The topological polar surface area (TPSA) is 38.3 Å². The van der Waals surface area contributed by atoms with Gasteiger partial charge < -0.3 is 10.1 Å². The summed E-state index contributed by atoms with van der Waals surface area (Å²) in [6, 6.07) is 18.0. The van der Waals surface area contributed by atoms with Crippen LogP contribution in [-0.4, -0.2) is 18.1 Å². The molecule has 0 bridgehead atoms. The number of ether oxygens (including phenoxy) is 1. The second-order valence-corrected chi connectivity index (χ2v) is 7.00. The zero-order valence-corrected chi connectivity index (χ0v) is 13.8. The molecule has 2 saturated carbocycles. The summed E-state index contributed by atoms with van der Waals surface area (Å²) in [5, 5.41) is 3.23. The first-order chi connectivity index (χ1) is 11.8. The van der Waals surface area contributed by atoms with Crippen molar-refractivity contribution in [2.75, 3.05) is 6.61 Å². The average Bonchev–Trinajstić information content (AvgIpc) is 3.35. The summed E-state index contributed by atoms with van der Waals surface area (Å²) in [7, 11) is 0. The van der Waals surface area contributed by atoms with Crippen LogP contribution in [0.3, 0.4) is 0 Å². The summed E-state index contributed by atoms with van der Waals surface area (Å²) in [6.45, 7) is 0.0817. The lowest BCUT2D eigenvalue weighted by molar-refractivity contribution is -0.124. The monoisotopic (exact) mass is 321 g/mol. The van der Waals surface area contributed by atoms with Gasteiger partial charge in [0.15, 0.2) is 6.61 Å². The van der Waals surface area contributed by atoms with Gasteiger partial charge in [-0.3, -0.25) is 4.79 Å². The van der Waals surface area contributed by atoms with Gasteiger partial charge in [0.05, 0.1) is 0 Å². The minimum Gasteiger partial charge on any atom is -0.483 e. The molecule has 0 spiro atoms. The molecule has 3 nitrogen and oxygen atoms in total. The average molecular weight is 321 g/mol. The Morgan fingerprint density at radius 1 is 1.08 bits per heavy atom. The van der Waals surface area contributed by atoms with Crippen LogP contribution in [0.25, 0.3) is 11.1 Å². The van der Waals surface area contributed by atoms with Crippen LogP contribution in [0.15, 0.2) is 54.6 Å². The smallest absolute Gasteiger partial charge is 0.258 e. The molecule has 0 radical (unpaired) electrons. The van der Waals surface area contributed by atoms with E-state index in [9.17, 15) is 4.79 Å². The first kappa shape index (κ1) is 15.3. The molecule has 2 fully saturated rings. The second kappa shape index (κ2) is 6.31. The van der Waals surface area contributed by atoms with Gasteiger partial charge in [-0.1, -0.05) is 61.4 Å². The van der Waals surface area contributed by atoms with E-state index < -0.39 is 0 Å². The largest absolute Gasteiger partial charge is 0.483 e. The number of hydrogen-bond acceptors (Lipinski definition) is 2. The van der Waals surface area contributed by atoms with Crippen molar-refractivity contribution in [1.82, 2.24) is 5.32 Å². The number of amides is 1. The van der Waals surface area contributed by atoms with Gasteiger partial charge in [0.25, 0.3) is 5.91 Å². The van der Waals surface area contributed by atoms with Crippen LogP contribution < -0.4 is 10.1 Å². The molecule has 2 aromatic rings. The van der Waals surface area contributed by atoms with Gasteiger partial charge in [-0.25, -0.2) is 0 Å². The summed E-state index contributed by atoms with van der Waals surface area (Å²) in [5.41, 5.74) is 2.21. The molecule has 124 valence electrons. The van der Waals surface area contributed by atoms with Crippen molar-refractivity contribution in [3.05, 3.63) is 54.6 Å². The summed E-state index contributed by atoms with van der Waals surface area (Å²) in [5.74, 6) is 1.46. The molecule has 2 unspecified atom stereocenters. The van der Waals surface area contributed by atoms with Crippen molar-refractivity contribution in [3.63, 3.8) is 0 Å². The summed E-state index contributed by atoms with van der Waals surface area (Å²) in [4.78, 5) is 12.3. The molecular weight excluding hydrogens is 298 g/mol. The lowest BCUT2D eigenvalue weighted by Crippen LogP contribution is -2.42. The van der Waals surface area contributed by atoms with Gasteiger partial charge in [0.1, 0.15) is 5.75 Å². The predicted molar refractivity (Wildman–Crippen MR) is 94.8 cm³/mol. The third-order valence-corrected chi connectivity index (χ3v) is 5.38. The van der Waals surface area contributed by atoms with E-state index in [1.54, 1.807) is 0 Å². The molecule has 4 rings (SSSR count). The number of nitrogens with one attached hydrogen (secondary N) is 1. The molecule has 0 heterocycles. The van der Waals surface area contributed by atoms with Gasteiger partial charge in [-0.15, -0.1) is 0 Å². The normalized spacial score (nSPS) is 24.8. The molecule has 24 heavy (non-hydrogen) atoms. The van der Waals surface area contributed by atoms with Crippen molar-refractivity contribution in [1.29, 1.82) is 0 Å². The highest BCUT2D eigenvalue weighted by Gasteiger charge is 2.55. The molecule has 2 atom stereocenters. The van der Waals surface area contributed by atoms with Crippen LogP contribution in [0.5, 0.6) is 5.75 Å². The van der Waals surface area contributed by atoms with Crippen LogP contribution >= 0.6 is 0 Å². The molecular formula is C21H23NO2. The Balaban J connectivity index is 1.40. The number of carbonyl (C=O) groups excluding carboxylic acids is 1. The van der Waals surface area contributed by atoms with Crippen LogP contribution in [0.2, 0.25) is 0 Å². The first-order valence-electron chi connectivity index (χ1n) is 8.85. The van der Waals surface area contributed by atoms with Crippen molar-refractivity contribution < 1.29 is 9.53 Å². The number of para-hydroxylation sites is 1. The van der Waals surface area contributed by atoms with Crippen LogP contribution in [0.4, 0.5) is 0 Å². The zero-order valence-electron chi connectivity index (χ0n) is 13.8. The van der Waals surface area contributed by atoms with Crippen molar-refractivity contribution in [3.8, 4) is 16.9 Å². The predicted octanol–water partition coefficient (Wildman–Crippen LogP) is 4.18. The third kappa shape index (κ3) is 3.03. The van der Waals surface area contributed by atoms with Crippen molar-refractivity contribution >= 4 is 5.91 Å². The van der Waals surface area contributed by atoms with Crippen molar-refractivity contribution in [2.24, 2.45) is 5.92 Å². The Hall–Kier alpha value is -2.29. The van der Waals surface area contributed by atoms with Gasteiger partial charge in [-0.2, -0.15) is 0 Å². The Bertz CT molecular complexity index is 728. The molecule has 0 aromatic heterocycles. The van der Waals surface area contributed by atoms with E-state index in [0.29, 0.717) is 5.92 Å². The highest BCUT2D eigenvalue weighted by atomic mass is 16.5. The highest BCUT2D eigenvalue weighted by Crippen LogP contribution is 2.53. The minimum atomic E-state index is 0.00210. The Kier molecular flexibility index (Phi) is 4.01. The molecule has 2 aliphatic rings. The second-order valence-electron chi connectivity index (χ2n) is 7.00. The van der Waals surface area contributed by atoms with E-state index in [-0.39, 0.29) is 18.1 Å². The van der Waals surface area contributed by atoms with E-state index in [4.69, 9.17) is 4.74 Å². The Morgan fingerprint density at radius 2 is 1.88 bits per heavy atom. The number of carbonyl (C=O) groups is 1. The fourth-order valence-corrected chi connectivity index (χ4v) is 4.02. The fraction of sp³-hybridized carbons (Fsp3) is 0.381. The van der Waals surface area contributed by atoms with Gasteiger partial charge in [0, 0.05) is 11.1 Å². The standard InChI is InChI=1S/C21H23NO2/c23-20(22-21-13-7-6-10-17(21)14-21)15-24-19-12-5-4-11-18(19)16-8-2-1-3-9-16/h1-5,8-9,11-12,17H,6-7,10,13-15H2,(H,22,23). The fourth-order valence-electron chi connectivity index (χ4n) is 4.02. The number of fused-ring (bicyclic) bond motifs is 1. The van der Waals surface area contributed by atoms with Crippen molar-refractivity contribution in [2.45, 2.75) is 37.6 Å². The summed E-state index contributed by atoms with van der Waals surface area (Å²) >= 11 is 0. The maximum atomic E-state index is 12.3. The van der Waals surface area contributed by atoms with Crippen LogP contribution in [0, 0.1) is 5.92 Å². The number of hydrogen-bond donors (Lipinski definition) is 1. The van der Waals surface area contributed by atoms with E-state index >= 15 is 0 Å².